The maximum atomic E-state index is 6.28. The summed E-state index contributed by atoms with van der Waals surface area (Å²) in [5.74, 6) is 0.997. The number of benzene rings is 1. The molecule has 1 aliphatic heterocycles. The lowest BCUT2D eigenvalue weighted by atomic mass is 10.0. The fourth-order valence-corrected chi connectivity index (χ4v) is 3.65. The fourth-order valence-electron chi connectivity index (χ4n) is 3.47. The third kappa shape index (κ3) is 4.55. The molecule has 0 aliphatic carbocycles. The minimum Gasteiger partial charge on any atom is -0.383 e. The third-order valence-corrected chi connectivity index (χ3v) is 5.64. The predicted molar refractivity (Wildman–Crippen MR) is 105 cm³/mol. The molecule has 1 saturated heterocycles. The van der Waals surface area contributed by atoms with Gasteiger partial charge in [-0.15, -0.1) is 10.2 Å². The van der Waals surface area contributed by atoms with Gasteiger partial charge in [-0.3, -0.25) is 4.90 Å². The van der Waals surface area contributed by atoms with Gasteiger partial charge in [0, 0.05) is 43.5 Å². The average molecular weight is 378 g/mol. The van der Waals surface area contributed by atoms with Crippen molar-refractivity contribution in [2.75, 3.05) is 38.8 Å². The van der Waals surface area contributed by atoms with Gasteiger partial charge in [-0.1, -0.05) is 17.7 Å². The number of aromatic nitrogens is 3. The Morgan fingerprint density at radius 1 is 1.31 bits per heavy atom. The molecule has 0 spiro atoms. The van der Waals surface area contributed by atoms with Crippen LogP contribution in [0.1, 0.15) is 24.2 Å². The molecule has 0 bridgehead atoms. The number of ether oxygens (including phenoxy) is 1. The van der Waals surface area contributed by atoms with Gasteiger partial charge in [-0.25, -0.2) is 0 Å². The van der Waals surface area contributed by atoms with Crippen molar-refractivity contribution >= 4 is 17.3 Å². The first kappa shape index (κ1) is 19.1. The average Bonchev–Trinajstić information content (AvgIpc) is 3.09. The van der Waals surface area contributed by atoms with Crippen molar-refractivity contribution in [3.05, 3.63) is 40.9 Å². The largest absolute Gasteiger partial charge is 0.383 e. The molecular weight excluding hydrogens is 350 g/mol. The summed E-state index contributed by atoms with van der Waals surface area (Å²) >= 11 is 6.28. The zero-order valence-electron chi connectivity index (χ0n) is 15.9. The second-order valence-corrected chi connectivity index (χ2v) is 7.41. The SMILES string of the molecule is COCCn1cnnc1CN(C)C1CCN(c2ccc(C)c(Cl)c2)CC1. The van der Waals surface area contributed by atoms with Crippen LogP contribution in [0.5, 0.6) is 0 Å². The molecule has 142 valence electrons. The topological polar surface area (TPSA) is 46.4 Å². The zero-order valence-corrected chi connectivity index (χ0v) is 16.6. The highest BCUT2D eigenvalue weighted by Crippen LogP contribution is 2.27. The molecule has 1 fully saturated rings. The molecule has 0 radical (unpaired) electrons. The Morgan fingerprint density at radius 2 is 2.08 bits per heavy atom. The van der Waals surface area contributed by atoms with Crippen LogP contribution >= 0.6 is 11.6 Å². The summed E-state index contributed by atoms with van der Waals surface area (Å²) in [4.78, 5) is 4.82. The van der Waals surface area contributed by atoms with Crippen LogP contribution in [0.3, 0.4) is 0 Å². The van der Waals surface area contributed by atoms with Gasteiger partial charge in [0.25, 0.3) is 0 Å². The maximum absolute atomic E-state index is 6.28. The number of anilines is 1. The van der Waals surface area contributed by atoms with E-state index in [1.165, 1.54) is 5.69 Å². The van der Waals surface area contributed by atoms with Crippen molar-refractivity contribution in [1.29, 1.82) is 0 Å². The molecule has 1 aliphatic rings. The molecule has 1 aromatic heterocycles. The van der Waals surface area contributed by atoms with Crippen molar-refractivity contribution in [2.24, 2.45) is 0 Å². The van der Waals surface area contributed by atoms with E-state index < -0.39 is 0 Å². The van der Waals surface area contributed by atoms with Crippen molar-refractivity contribution in [1.82, 2.24) is 19.7 Å². The van der Waals surface area contributed by atoms with Crippen molar-refractivity contribution in [3.63, 3.8) is 0 Å². The van der Waals surface area contributed by atoms with E-state index in [1.54, 1.807) is 13.4 Å². The van der Waals surface area contributed by atoms with Gasteiger partial charge < -0.3 is 14.2 Å². The van der Waals surface area contributed by atoms with Crippen LogP contribution in [0.25, 0.3) is 0 Å². The van der Waals surface area contributed by atoms with E-state index in [1.807, 2.05) is 6.92 Å². The molecule has 2 heterocycles. The maximum Gasteiger partial charge on any atom is 0.147 e. The summed E-state index contributed by atoms with van der Waals surface area (Å²) in [7, 11) is 3.89. The van der Waals surface area contributed by atoms with Crippen molar-refractivity contribution in [2.45, 2.75) is 38.9 Å². The Balaban J connectivity index is 1.54. The molecule has 0 N–H and O–H groups in total. The molecule has 0 atom stereocenters. The summed E-state index contributed by atoms with van der Waals surface area (Å²) in [6, 6.07) is 6.91. The number of halogens is 1. The molecule has 0 saturated carbocycles. The summed E-state index contributed by atoms with van der Waals surface area (Å²) in [6.45, 7) is 6.41. The van der Waals surface area contributed by atoms with E-state index in [0.717, 1.165) is 55.4 Å². The van der Waals surface area contributed by atoms with Crippen LogP contribution in [0.2, 0.25) is 5.02 Å². The molecule has 1 aromatic carbocycles. The molecule has 26 heavy (non-hydrogen) atoms. The summed E-state index contributed by atoms with van der Waals surface area (Å²) in [5.41, 5.74) is 2.35. The number of aryl methyl sites for hydroxylation is 1. The molecule has 0 amide bonds. The van der Waals surface area contributed by atoms with E-state index in [9.17, 15) is 0 Å². The second-order valence-electron chi connectivity index (χ2n) is 7.00. The zero-order chi connectivity index (χ0) is 18.5. The Kier molecular flexibility index (Phi) is 6.51. The van der Waals surface area contributed by atoms with Crippen LogP contribution in [-0.2, 0) is 17.8 Å². The van der Waals surface area contributed by atoms with Gasteiger partial charge >= 0.3 is 0 Å². The lowest BCUT2D eigenvalue weighted by molar-refractivity contribution is 0.176. The number of methoxy groups -OCH3 is 1. The van der Waals surface area contributed by atoms with E-state index in [2.05, 4.69) is 49.8 Å². The number of hydrogen-bond donors (Lipinski definition) is 0. The smallest absolute Gasteiger partial charge is 0.147 e. The second kappa shape index (κ2) is 8.84. The highest BCUT2D eigenvalue weighted by atomic mass is 35.5. The Labute approximate surface area is 160 Å². The Hall–Kier alpha value is -1.63. The quantitative estimate of drug-likeness (QED) is 0.742. The summed E-state index contributed by atoms with van der Waals surface area (Å²) < 4.78 is 7.23. The van der Waals surface area contributed by atoms with E-state index in [4.69, 9.17) is 16.3 Å². The third-order valence-electron chi connectivity index (χ3n) is 5.23. The lowest BCUT2D eigenvalue weighted by Gasteiger charge is -2.37. The standard InChI is InChI=1S/C19H28ClN5O/c1-15-4-5-17(12-18(15)20)24-8-6-16(7-9-24)23(2)13-19-22-21-14-25(19)10-11-26-3/h4-5,12,14,16H,6-11,13H2,1-3H3. The van der Waals surface area contributed by atoms with Gasteiger partial charge in [-0.05, 0) is 44.5 Å². The molecular formula is C19H28ClN5O. The normalized spacial score (nSPS) is 15.8. The Bertz CT molecular complexity index is 712. The van der Waals surface area contributed by atoms with Gasteiger partial charge in [-0.2, -0.15) is 0 Å². The van der Waals surface area contributed by atoms with Crippen LogP contribution in [0.4, 0.5) is 5.69 Å². The van der Waals surface area contributed by atoms with Gasteiger partial charge in [0.1, 0.15) is 12.2 Å². The fraction of sp³-hybridized carbons (Fsp3) is 0.579. The first-order valence-electron chi connectivity index (χ1n) is 9.15. The van der Waals surface area contributed by atoms with Crippen molar-refractivity contribution < 1.29 is 4.74 Å². The van der Waals surface area contributed by atoms with Gasteiger partial charge in [0.2, 0.25) is 0 Å². The summed E-state index contributed by atoms with van der Waals surface area (Å²) in [5, 5.41) is 9.17. The monoisotopic (exact) mass is 377 g/mol. The van der Waals surface area contributed by atoms with Crippen LogP contribution in [-0.4, -0.2) is 59.6 Å². The molecule has 6 nitrogen and oxygen atoms in total. The number of nitrogens with zero attached hydrogens (tertiary/aromatic N) is 5. The lowest BCUT2D eigenvalue weighted by Crippen LogP contribution is -2.43. The highest BCUT2D eigenvalue weighted by molar-refractivity contribution is 6.31. The predicted octanol–water partition coefficient (Wildman–Crippen LogP) is 2.99. The van der Waals surface area contributed by atoms with Crippen molar-refractivity contribution in [3.8, 4) is 0 Å². The molecule has 7 heteroatoms. The number of hydrogen-bond acceptors (Lipinski definition) is 5. The minimum absolute atomic E-state index is 0.555. The number of piperidine rings is 1. The first-order chi connectivity index (χ1) is 12.6. The minimum atomic E-state index is 0.555. The molecule has 2 aromatic rings. The Morgan fingerprint density at radius 3 is 2.77 bits per heavy atom. The molecule has 3 rings (SSSR count). The highest BCUT2D eigenvalue weighted by Gasteiger charge is 2.24. The van der Waals surface area contributed by atoms with E-state index >= 15 is 0 Å². The number of rotatable bonds is 7. The molecule has 0 unspecified atom stereocenters. The van der Waals surface area contributed by atoms with Gasteiger partial charge in [0.15, 0.2) is 0 Å². The summed E-state index contributed by atoms with van der Waals surface area (Å²) in [6.07, 6.45) is 4.05. The first-order valence-corrected chi connectivity index (χ1v) is 9.53. The van der Waals surface area contributed by atoms with Crippen LogP contribution in [0, 0.1) is 6.92 Å². The van der Waals surface area contributed by atoms with E-state index in [-0.39, 0.29) is 0 Å². The van der Waals surface area contributed by atoms with Crippen LogP contribution < -0.4 is 4.90 Å². The van der Waals surface area contributed by atoms with Gasteiger partial charge in [0.05, 0.1) is 13.2 Å². The van der Waals surface area contributed by atoms with Crippen LogP contribution in [0.15, 0.2) is 24.5 Å². The van der Waals surface area contributed by atoms with E-state index in [0.29, 0.717) is 12.6 Å².